The van der Waals surface area contributed by atoms with Crippen LogP contribution in [0.4, 0.5) is 0 Å². The van der Waals surface area contributed by atoms with Crippen LogP contribution in [-0.4, -0.2) is 51.5 Å². The molecule has 1 aliphatic heterocycles. The number of amides is 1. The number of ether oxygens (including phenoxy) is 2. The lowest BCUT2D eigenvalue weighted by Crippen LogP contribution is -2.47. The summed E-state index contributed by atoms with van der Waals surface area (Å²) in [6.45, 7) is 6.61. The Hall–Kier alpha value is -0.650. The van der Waals surface area contributed by atoms with Gasteiger partial charge in [-0.05, 0) is 13.0 Å². The highest BCUT2D eigenvalue weighted by Gasteiger charge is 2.34. The van der Waals surface area contributed by atoms with Gasteiger partial charge in [0.25, 0.3) is 0 Å². The quantitative estimate of drug-likeness (QED) is 0.669. The third-order valence-electron chi connectivity index (χ3n) is 3.09. The van der Waals surface area contributed by atoms with Gasteiger partial charge in [0.1, 0.15) is 0 Å². The number of nitrogens with one attached hydrogen (secondary N) is 2. The molecule has 1 amide bonds. The number of hydrogen-bond donors (Lipinski definition) is 2. The maximum absolute atomic E-state index is 12.1. The molecule has 1 saturated heterocycles. The van der Waals surface area contributed by atoms with Crippen LogP contribution in [0.15, 0.2) is 0 Å². The van der Waals surface area contributed by atoms with E-state index in [9.17, 15) is 4.79 Å². The third kappa shape index (κ3) is 4.26. The summed E-state index contributed by atoms with van der Waals surface area (Å²) in [5, 5.41) is 6.30. The van der Waals surface area contributed by atoms with Gasteiger partial charge < -0.3 is 20.1 Å². The highest BCUT2D eigenvalue weighted by atomic mass is 16.5. The Balaban J connectivity index is 2.44. The third-order valence-corrected chi connectivity index (χ3v) is 3.09. The van der Waals surface area contributed by atoms with E-state index in [1.807, 2.05) is 13.8 Å². The second kappa shape index (κ2) is 7.63. The molecule has 1 fully saturated rings. The van der Waals surface area contributed by atoms with E-state index in [2.05, 4.69) is 10.6 Å². The first-order valence-corrected chi connectivity index (χ1v) is 6.33. The topological polar surface area (TPSA) is 59.6 Å². The lowest BCUT2D eigenvalue weighted by atomic mass is 10.0. The fourth-order valence-electron chi connectivity index (χ4n) is 2.05. The molecule has 1 rings (SSSR count). The molecule has 3 unspecified atom stereocenters. The van der Waals surface area contributed by atoms with Gasteiger partial charge in [-0.15, -0.1) is 0 Å². The van der Waals surface area contributed by atoms with Gasteiger partial charge in [-0.25, -0.2) is 0 Å². The van der Waals surface area contributed by atoms with E-state index in [0.29, 0.717) is 19.8 Å². The van der Waals surface area contributed by atoms with Crippen molar-refractivity contribution >= 4 is 5.91 Å². The molecule has 100 valence electrons. The van der Waals surface area contributed by atoms with E-state index in [-0.39, 0.29) is 23.9 Å². The summed E-state index contributed by atoms with van der Waals surface area (Å²) in [4.78, 5) is 12.1. The zero-order valence-corrected chi connectivity index (χ0v) is 11.0. The SMILES string of the molecule is CCNC1COCC1C(=O)NC(CC)COC. The normalized spacial score (nSPS) is 25.8. The molecule has 0 bridgehead atoms. The van der Waals surface area contributed by atoms with Gasteiger partial charge >= 0.3 is 0 Å². The minimum Gasteiger partial charge on any atom is -0.383 e. The van der Waals surface area contributed by atoms with Crippen LogP contribution < -0.4 is 10.6 Å². The minimum absolute atomic E-state index is 0.0670. The summed E-state index contributed by atoms with van der Waals surface area (Å²) in [5.41, 5.74) is 0. The lowest BCUT2D eigenvalue weighted by Gasteiger charge is -2.21. The zero-order chi connectivity index (χ0) is 12.7. The summed E-state index contributed by atoms with van der Waals surface area (Å²) < 4.78 is 10.4. The molecule has 1 heterocycles. The maximum Gasteiger partial charge on any atom is 0.227 e. The number of likely N-dealkylation sites (N-methyl/N-ethyl adjacent to an activating group) is 1. The number of carbonyl (C=O) groups is 1. The Kier molecular flexibility index (Phi) is 6.47. The second-order valence-electron chi connectivity index (χ2n) is 4.38. The Morgan fingerprint density at radius 1 is 1.47 bits per heavy atom. The van der Waals surface area contributed by atoms with E-state index in [1.165, 1.54) is 0 Å². The van der Waals surface area contributed by atoms with Gasteiger partial charge in [0.2, 0.25) is 5.91 Å². The molecular formula is C12H24N2O3. The van der Waals surface area contributed by atoms with Gasteiger partial charge in [0.15, 0.2) is 0 Å². The van der Waals surface area contributed by atoms with Gasteiger partial charge in [0.05, 0.1) is 31.8 Å². The monoisotopic (exact) mass is 244 g/mol. The molecule has 0 saturated carbocycles. The smallest absolute Gasteiger partial charge is 0.227 e. The molecule has 0 aromatic heterocycles. The van der Waals surface area contributed by atoms with Gasteiger partial charge in [-0.1, -0.05) is 13.8 Å². The van der Waals surface area contributed by atoms with Crippen LogP contribution in [0, 0.1) is 5.92 Å². The molecule has 5 nitrogen and oxygen atoms in total. The van der Waals surface area contributed by atoms with Crippen LogP contribution in [0.1, 0.15) is 20.3 Å². The van der Waals surface area contributed by atoms with Crippen LogP contribution in [-0.2, 0) is 14.3 Å². The molecule has 5 heteroatoms. The van der Waals surface area contributed by atoms with Crippen molar-refractivity contribution in [3.8, 4) is 0 Å². The van der Waals surface area contributed by atoms with Crippen molar-refractivity contribution in [2.45, 2.75) is 32.4 Å². The average molecular weight is 244 g/mol. The molecule has 1 aliphatic rings. The number of methoxy groups -OCH3 is 1. The van der Waals surface area contributed by atoms with Crippen molar-refractivity contribution in [2.75, 3.05) is 33.5 Å². The minimum atomic E-state index is -0.0825. The zero-order valence-electron chi connectivity index (χ0n) is 11.0. The van der Waals surface area contributed by atoms with Crippen molar-refractivity contribution in [1.29, 1.82) is 0 Å². The van der Waals surface area contributed by atoms with Crippen LogP contribution in [0.2, 0.25) is 0 Å². The van der Waals surface area contributed by atoms with Crippen LogP contribution in [0.25, 0.3) is 0 Å². The van der Waals surface area contributed by atoms with E-state index in [1.54, 1.807) is 7.11 Å². The number of rotatable bonds is 7. The van der Waals surface area contributed by atoms with Crippen molar-refractivity contribution in [3.63, 3.8) is 0 Å². The Morgan fingerprint density at radius 3 is 2.82 bits per heavy atom. The maximum atomic E-state index is 12.1. The summed E-state index contributed by atoms with van der Waals surface area (Å²) in [7, 11) is 1.65. The van der Waals surface area contributed by atoms with E-state index in [4.69, 9.17) is 9.47 Å². The number of hydrogen-bond acceptors (Lipinski definition) is 4. The summed E-state index contributed by atoms with van der Waals surface area (Å²) in [6, 6.07) is 0.232. The predicted molar refractivity (Wildman–Crippen MR) is 65.9 cm³/mol. The highest BCUT2D eigenvalue weighted by Crippen LogP contribution is 2.14. The lowest BCUT2D eigenvalue weighted by molar-refractivity contribution is -0.126. The van der Waals surface area contributed by atoms with E-state index >= 15 is 0 Å². The molecule has 0 spiro atoms. The molecule has 17 heavy (non-hydrogen) atoms. The van der Waals surface area contributed by atoms with Crippen molar-refractivity contribution in [3.05, 3.63) is 0 Å². The first-order chi connectivity index (χ1) is 8.22. The fourth-order valence-corrected chi connectivity index (χ4v) is 2.05. The predicted octanol–water partition coefficient (Wildman–Crippen LogP) is 0.152. The van der Waals surface area contributed by atoms with Crippen LogP contribution in [0.5, 0.6) is 0 Å². The van der Waals surface area contributed by atoms with Crippen molar-refractivity contribution in [1.82, 2.24) is 10.6 Å². The molecule has 0 aromatic carbocycles. The van der Waals surface area contributed by atoms with Gasteiger partial charge in [-0.3, -0.25) is 4.79 Å². The standard InChI is InChI=1S/C12H24N2O3/c1-4-9(6-16-3)14-12(15)10-7-17-8-11(10)13-5-2/h9-11,13H,4-8H2,1-3H3,(H,14,15). The Morgan fingerprint density at radius 2 is 2.24 bits per heavy atom. The summed E-state index contributed by atoms with van der Waals surface area (Å²) in [6.07, 6.45) is 0.874. The first-order valence-electron chi connectivity index (χ1n) is 6.33. The van der Waals surface area contributed by atoms with Crippen LogP contribution in [0.3, 0.4) is 0 Å². The molecule has 0 aliphatic carbocycles. The molecule has 0 aromatic rings. The van der Waals surface area contributed by atoms with Gasteiger partial charge in [0, 0.05) is 13.2 Å². The fraction of sp³-hybridized carbons (Fsp3) is 0.917. The average Bonchev–Trinajstić information content (AvgIpc) is 2.77. The van der Waals surface area contributed by atoms with E-state index < -0.39 is 0 Å². The summed E-state index contributed by atoms with van der Waals surface area (Å²) in [5.74, 6) is -0.0155. The summed E-state index contributed by atoms with van der Waals surface area (Å²) >= 11 is 0. The van der Waals surface area contributed by atoms with E-state index in [0.717, 1.165) is 13.0 Å². The van der Waals surface area contributed by atoms with Crippen LogP contribution >= 0.6 is 0 Å². The highest BCUT2D eigenvalue weighted by molar-refractivity contribution is 5.80. The van der Waals surface area contributed by atoms with Crippen molar-refractivity contribution < 1.29 is 14.3 Å². The first kappa shape index (κ1) is 14.4. The Bertz CT molecular complexity index is 236. The second-order valence-corrected chi connectivity index (χ2v) is 4.38. The largest absolute Gasteiger partial charge is 0.383 e. The molecular weight excluding hydrogens is 220 g/mol. The van der Waals surface area contributed by atoms with Crippen molar-refractivity contribution in [2.24, 2.45) is 5.92 Å². The number of carbonyl (C=O) groups excluding carboxylic acids is 1. The molecule has 0 radical (unpaired) electrons. The molecule has 3 atom stereocenters. The Labute approximate surface area is 103 Å². The van der Waals surface area contributed by atoms with Gasteiger partial charge in [-0.2, -0.15) is 0 Å². The molecule has 2 N–H and O–H groups in total.